The molecule has 3 heteroatoms. The Balaban J connectivity index is 3.54. The summed E-state index contributed by atoms with van der Waals surface area (Å²) >= 11 is 0. The number of nitrogens with zero attached hydrogens (tertiary/aromatic N) is 1. The predicted octanol–water partition coefficient (Wildman–Crippen LogP) is 0.668. The molecule has 12 heavy (non-hydrogen) atoms. The van der Waals surface area contributed by atoms with E-state index in [1.807, 2.05) is 18.9 Å². The molecule has 0 radical (unpaired) electrons. The van der Waals surface area contributed by atoms with Gasteiger partial charge in [-0.05, 0) is 20.4 Å². The summed E-state index contributed by atoms with van der Waals surface area (Å²) in [6.45, 7) is 4.74. The van der Waals surface area contributed by atoms with Gasteiger partial charge in [-0.15, -0.1) is 0 Å². The van der Waals surface area contributed by atoms with Gasteiger partial charge < -0.3 is 5.11 Å². The van der Waals surface area contributed by atoms with E-state index >= 15 is 0 Å². The van der Waals surface area contributed by atoms with Crippen molar-refractivity contribution >= 4 is 5.78 Å². The molecule has 0 aromatic heterocycles. The van der Waals surface area contributed by atoms with Crippen molar-refractivity contribution in [3.05, 3.63) is 0 Å². The van der Waals surface area contributed by atoms with Crippen LogP contribution in [0.1, 0.15) is 26.7 Å². The molecule has 1 unspecified atom stereocenters. The lowest BCUT2D eigenvalue weighted by Crippen LogP contribution is -2.31. The quantitative estimate of drug-likeness (QED) is 0.641. The molecule has 0 saturated heterocycles. The molecule has 0 aromatic carbocycles. The molecular weight excluding hydrogens is 154 g/mol. The summed E-state index contributed by atoms with van der Waals surface area (Å²) in [5.74, 6) is 0.251. The zero-order chi connectivity index (χ0) is 9.56. The second kappa shape index (κ2) is 6.14. The summed E-state index contributed by atoms with van der Waals surface area (Å²) in [5, 5.41) is 9.01. The summed E-state index contributed by atoms with van der Waals surface area (Å²) in [5.41, 5.74) is 0. The van der Waals surface area contributed by atoms with Gasteiger partial charge in [-0.25, -0.2) is 0 Å². The van der Waals surface area contributed by atoms with Gasteiger partial charge in [0, 0.05) is 13.0 Å². The van der Waals surface area contributed by atoms with Gasteiger partial charge in [-0.1, -0.05) is 6.92 Å². The highest BCUT2D eigenvalue weighted by atomic mass is 16.3. The van der Waals surface area contributed by atoms with Crippen molar-refractivity contribution in [3.8, 4) is 0 Å². The molecule has 0 spiro atoms. The number of aliphatic hydroxyl groups excluding tert-OH is 1. The van der Waals surface area contributed by atoms with Crippen LogP contribution in [-0.4, -0.2) is 42.0 Å². The Morgan fingerprint density at radius 3 is 2.58 bits per heavy atom. The van der Waals surface area contributed by atoms with E-state index in [0.717, 1.165) is 6.42 Å². The van der Waals surface area contributed by atoms with Crippen LogP contribution in [0.15, 0.2) is 0 Å². The minimum Gasteiger partial charge on any atom is -0.392 e. The van der Waals surface area contributed by atoms with Crippen LogP contribution in [0.5, 0.6) is 0 Å². The van der Waals surface area contributed by atoms with Crippen molar-refractivity contribution in [2.45, 2.75) is 32.8 Å². The van der Waals surface area contributed by atoms with E-state index in [1.54, 1.807) is 6.92 Å². The monoisotopic (exact) mass is 173 g/mol. The molecule has 1 N–H and O–H groups in total. The van der Waals surface area contributed by atoms with Crippen molar-refractivity contribution in [3.63, 3.8) is 0 Å². The first kappa shape index (κ1) is 11.6. The average molecular weight is 173 g/mol. The smallest absolute Gasteiger partial charge is 0.146 e. The number of hydrogen-bond acceptors (Lipinski definition) is 3. The minimum atomic E-state index is -0.357. The van der Waals surface area contributed by atoms with Crippen molar-refractivity contribution in [2.24, 2.45) is 0 Å². The number of rotatable bonds is 6. The lowest BCUT2D eigenvalue weighted by molar-refractivity contribution is -0.120. The molecule has 0 aromatic rings. The lowest BCUT2D eigenvalue weighted by Gasteiger charge is -2.16. The molecule has 0 aliphatic heterocycles. The fourth-order valence-corrected chi connectivity index (χ4v) is 1.17. The first-order valence-electron chi connectivity index (χ1n) is 4.44. The fraction of sp³-hybridized carbons (Fsp3) is 0.889. The number of carbonyl (C=O) groups excluding carboxylic acids is 1. The van der Waals surface area contributed by atoms with Gasteiger partial charge in [0.1, 0.15) is 5.78 Å². The van der Waals surface area contributed by atoms with Gasteiger partial charge >= 0.3 is 0 Å². The molecule has 0 heterocycles. The Labute approximate surface area is 74.4 Å². The lowest BCUT2D eigenvalue weighted by atomic mass is 10.2. The number of hydrogen-bond donors (Lipinski definition) is 1. The van der Waals surface area contributed by atoms with Crippen LogP contribution >= 0.6 is 0 Å². The van der Waals surface area contributed by atoms with Gasteiger partial charge in [0.2, 0.25) is 0 Å². The first-order valence-corrected chi connectivity index (χ1v) is 4.44. The van der Waals surface area contributed by atoms with Crippen LogP contribution < -0.4 is 0 Å². The molecule has 0 saturated carbocycles. The average Bonchev–Trinajstić information content (AvgIpc) is 1.84. The van der Waals surface area contributed by atoms with Crippen LogP contribution in [0, 0.1) is 0 Å². The summed E-state index contributed by atoms with van der Waals surface area (Å²) in [6, 6.07) is 0. The van der Waals surface area contributed by atoms with Gasteiger partial charge in [0.05, 0.1) is 12.6 Å². The summed E-state index contributed by atoms with van der Waals surface area (Å²) in [7, 11) is 1.85. The molecule has 0 aliphatic carbocycles. The highest BCUT2D eigenvalue weighted by Crippen LogP contribution is 1.93. The predicted molar refractivity (Wildman–Crippen MR) is 49.1 cm³/mol. The van der Waals surface area contributed by atoms with Gasteiger partial charge in [0.15, 0.2) is 0 Å². The number of ketones is 1. The molecule has 72 valence electrons. The SMILES string of the molecule is CCCC(=O)CN(C)CC(C)O. The summed E-state index contributed by atoms with van der Waals surface area (Å²) < 4.78 is 0. The zero-order valence-corrected chi connectivity index (χ0v) is 8.21. The van der Waals surface area contributed by atoms with E-state index < -0.39 is 0 Å². The highest BCUT2D eigenvalue weighted by Gasteiger charge is 2.07. The van der Waals surface area contributed by atoms with Crippen LogP contribution in [0.3, 0.4) is 0 Å². The topological polar surface area (TPSA) is 40.5 Å². The summed E-state index contributed by atoms with van der Waals surface area (Å²) in [4.78, 5) is 13.0. The Morgan fingerprint density at radius 1 is 1.58 bits per heavy atom. The number of Topliss-reactive ketones (excluding diaryl/α,β-unsaturated/α-hetero) is 1. The summed E-state index contributed by atoms with van der Waals surface area (Å²) in [6.07, 6.45) is 1.19. The van der Waals surface area contributed by atoms with Crippen LogP contribution in [0.2, 0.25) is 0 Å². The van der Waals surface area contributed by atoms with Crippen molar-refractivity contribution in [1.82, 2.24) is 4.90 Å². The van der Waals surface area contributed by atoms with E-state index in [4.69, 9.17) is 5.11 Å². The maximum absolute atomic E-state index is 11.1. The molecule has 1 atom stereocenters. The van der Waals surface area contributed by atoms with E-state index in [0.29, 0.717) is 19.5 Å². The number of carbonyl (C=O) groups is 1. The molecule has 0 bridgehead atoms. The van der Waals surface area contributed by atoms with E-state index in [2.05, 4.69) is 0 Å². The first-order chi connectivity index (χ1) is 5.56. The van der Waals surface area contributed by atoms with E-state index in [-0.39, 0.29) is 11.9 Å². The minimum absolute atomic E-state index is 0.251. The second-order valence-electron chi connectivity index (χ2n) is 3.33. The molecule has 0 amide bonds. The molecular formula is C9H19NO2. The van der Waals surface area contributed by atoms with Crippen LogP contribution in [-0.2, 0) is 4.79 Å². The third-order valence-electron chi connectivity index (χ3n) is 1.55. The third kappa shape index (κ3) is 6.31. The van der Waals surface area contributed by atoms with Crippen LogP contribution in [0.25, 0.3) is 0 Å². The standard InChI is InChI=1S/C9H19NO2/c1-4-5-9(12)7-10(3)6-8(2)11/h8,11H,4-7H2,1-3H3. The van der Waals surface area contributed by atoms with Crippen LogP contribution in [0.4, 0.5) is 0 Å². The van der Waals surface area contributed by atoms with Gasteiger partial charge in [-0.3, -0.25) is 9.69 Å². The largest absolute Gasteiger partial charge is 0.392 e. The van der Waals surface area contributed by atoms with E-state index in [1.165, 1.54) is 0 Å². The highest BCUT2D eigenvalue weighted by molar-refractivity contribution is 5.80. The molecule has 0 fully saturated rings. The van der Waals surface area contributed by atoms with Gasteiger partial charge in [-0.2, -0.15) is 0 Å². The zero-order valence-electron chi connectivity index (χ0n) is 8.21. The fourth-order valence-electron chi connectivity index (χ4n) is 1.17. The third-order valence-corrected chi connectivity index (χ3v) is 1.55. The normalized spacial score (nSPS) is 13.4. The molecule has 0 aliphatic rings. The Bertz CT molecular complexity index is 134. The Hall–Kier alpha value is -0.410. The Morgan fingerprint density at radius 2 is 2.17 bits per heavy atom. The molecule has 0 rings (SSSR count). The van der Waals surface area contributed by atoms with Gasteiger partial charge in [0.25, 0.3) is 0 Å². The number of likely N-dealkylation sites (N-methyl/N-ethyl adjacent to an activating group) is 1. The number of aliphatic hydroxyl groups is 1. The Kier molecular flexibility index (Phi) is 5.93. The van der Waals surface area contributed by atoms with Crippen molar-refractivity contribution in [2.75, 3.05) is 20.1 Å². The molecule has 3 nitrogen and oxygen atoms in total. The van der Waals surface area contributed by atoms with E-state index in [9.17, 15) is 4.79 Å². The maximum Gasteiger partial charge on any atom is 0.146 e. The van der Waals surface area contributed by atoms with Crippen molar-refractivity contribution < 1.29 is 9.90 Å². The maximum atomic E-state index is 11.1. The second-order valence-corrected chi connectivity index (χ2v) is 3.33. The van der Waals surface area contributed by atoms with Crippen molar-refractivity contribution in [1.29, 1.82) is 0 Å².